The Balaban J connectivity index is 1.59. The average molecular weight is 485 g/mol. The van der Waals surface area contributed by atoms with Crippen LogP contribution >= 0.6 is 0 Å². The molecule has 0 amide bonds. The van der Waals surface area contributed by atoms with Gasteiger partial charge in [-0.15, -0.1) is 0 Å². The van der Waals surface area contributed by atoms with E-state index in [-0.39, 0.29) is 17.4 Å². The molecule has 4 rings (SSSR count). The molecule has 0 unspecified atom stereocenters. The van der Waals surface area contributed by atoms with Gasteiger partial charge in [-0.25, -0.2) is 4.98 Å². The van der Waals surface area contributed by atoms with Crippen LogP contribution in [0.15, 0.2) is 65.6 Å². The van der Waals surface area contributed by atoms with Gasteiger partial charge in [0, 0.05) is 31.3 Å². The SMILES string of the molecule is CC(C)(C)OC(=O)CC1CCN(c2nc(-c3ccc(C#N)cc3)cn(Cc3ccccc3)c2=O)CC1. The van der Waals surface area contributed by atoms with Crippen LogP contribution in [0.1, 0.15) is 51.2 Å². The standard InChI is InChI=1S/C29H32N4O3/c1-29(2,3)36-26(34)17-21-13-15-32(16-14-21)27-28(35)33(19-23-7-5-4-6-8-23)20-25(31-27)24-11-9-22(18-30)10-12-24/h4-12,20-21H,13-17,19H2,1-3H3. The number of nitrogens with zero attached hydrogens (tertiary/aromatic N) is 4. The summed E-state index contributed by atoms with van der Waals surface area (Å²) in [6.45, 7) is 7.37. The Morgan fingerprint density at radius 2 is 1.75 bits per heavy atom. The van der Waals surface area contributed by atoms with Crippen molar-refractivity contribution < 1.29 is 9.53 Å². The van der Waals surface area contributed by atoms with Crippen molar-refractivity contribution in [3.8, 4) is 17.3 Å². The third-order valence-corrected chi connectivity index (χ3v) is 6.25. The van der Waals surface area contributed by atoms with E-state index in [1.165, 1.54) is 0 Å². The van der Waals surface area contributed by atoms with Gasteiger partial charge in [-0.1, -0.05) is 42.5 Å². The number of esters is 1. The van der Waals surface area contributed by atoms with E-state index in [1.807, 2.05) is 68.1 Å². The normalized spacial score (nSPS) is 14.3. The van der Waals surface area contributed by atoms with Gasteiger partial charge in [0.25, 0.3) is 5.56 Å². The van der Waals surface area contributed by atoms with Crippen LogP contribution in [0, 0.1) is 17.2 Å². The minimum absolute atomic E-state index is 0.137. The number of carbonyl (C=O) groups excluding carboxylic acids is 1. The third kappa shape index (κ3) is 6.39. The average Bonchev–Trinajstić information content (AvgIpc) is 2.85. The van der Waals surface area contributed by atoms with Gasteiger partial charge >= 0.3 is 5.97 Å². The van der Waals surface area contributed by atoms with E-state index in [0.29, 0.717) is 43.1 Å². The monoisotopic (exact) mass is 484 g/mol. The van der Waals surface area contributed by atoms with Gasteiger partial charge in [-0.2, -0.15) is 5.26 Å². The molecule has 0 radical (unpaired) electrons. The van der Waals surface area contributed by atoms with Crippen LogP contribution in [0.5, 0.6) is 0 Å². The molecule has 1 aliphatic rings. The number of carbonyl (C=O) groups is 1. The highest BCUT2D eigenvalue weighted by Gasteiger charge is 2.27. The lowest BCUT2D eigenvalue weighted by molar-refractivity contribution is -0.156. The van der Waals surface area contributed by atoms with E-state index in [0.717, 1.165) is 24.0 Å². The molecule has 0 spiro atoms. The Hall–Kier alpha value is -3.92. The van der Waals surface area contributed by atoms with Crippen molar-refractivity contribution >= 4 is 11.8 Å². The molecule has 0 aliphatic carbocycles. The zero-order valence-corrected chi connectivity index (χ0v) is 21.1. The maximum Gasteiger partial charge on any atom is 0.306 e. The molecular weight excluding hydrogens is 452 g/mol. The minimum atomic E-state index is -0.489. The first-order chi connectivity index (χ1) is 17.2. The van der Waals surface area contributed by atoms with Crippen LogP contribution in [0.4, 0.5) is 5.82 Å². The van der Waals surface area contributed by atoms with Crippen molar-refractivity contribution in [3.05, 3.63) is 82.3 Å². The predicted molar refractivity (Wildman–Crippen MR) is 140 cm³/mol. The van der Waals surface area contributed by atoms with Crippen molar-refractivity contribution in [2.24, 2.45) is 5.92 Å². The summed E-state index contributed by atoms with van der Waals surface area (Å²) in [5.41, 5.74) is 2.50. The number of rotatable bonds is 6. The van der Waals surface area contributed by atoms with Crippen molar-refractivity contribution in [2.75, 3.05) is 18.0 Å². The summed E-state index contributed by atoms with van der Waals surface area (Å²) in [7, 11) is 0. The van der Waals surface area contributed by atoms with Gasteiger partial charge in [-0.3, -0.25) is 9.59 Å². The van der Waals surface area contributed by atoms with E-state index in [2.05, 4.69) is 6.07 Å². The molecule has 1 aliphatic heterocycles. The Morgan fingerprint density at radius 1 is 1.08 bits per heavy atom. The lowest BCUT2D eigenvalue weighted by atomic mass is 9.93. The van der Waals surface area contributed by atoms with Gasteiger partial charge in [0.15, 0.2) is 5.82 Å². The summed E-state index contributed by atoms with van der Waals surface area (Å²) in [5.74, 6) is 0.472. The quantitative estimate of drug-likeness (QED) is 0.468. The summed E-state index contributed by atoms with van der Waals surface area (Å²) >= 11 is 0. The van der Waals surface area contributed by atoms with E-state index in [9.17, 15) is 9.59 Å². The number of nitriles is 1. The molecule has 36 heavy (non-hydrogen) atoms. The summed E-state index contributed by atoms with van der Waals surface area (Å²) < 4.78 is 7.19. The van der Waals surface area contributed by atoms with Crippen molar-refractivity contribution in [1.29, 1.82) is 5.26 Å². The minimum Gasteiger partial charge on any atom is -0.460 e. The number of hydrogen-bond donors (Lipinski definition) is 0. The van der Waals surface area contributed by atoms with Gasteiger partial charge in [0.1, 0.15) is 5.60 Å². The first-order valence-corrected chi connectivity index (χ1v) is 12.3. The van der Waals surface area contributed by atoms with Crippen LogP contribution in [0.3, 0.4) is 0 Å². The molecule has 0 saturated carbocycles. The lowest BCUT2D eigenvalue weighted by Crippen LogP contribution is -2.40. The van der Waals surface area contributed by atoms with Gasteiger partial charge in [-0.05, 0) is 57.2 Å². The molecule has 2 aromatic carbocycles. The topological polar surface area (TPSA) is 88.2 Å². The van der Waals surface area contributed by atoms with Crippen LogP contribution in [0.25, 0.3) is 11.3 Å². The van der Waals surface area contributed by atoms with E-state index < -0.39 is 5.60 Å². The smallest absolute Gasteiger partial charge is 0.306 e. The van der Waals surface area contributed by atoms with E-state index in [4.69, 9.17) is 15.0 Å². The summed E-state index contributed by atoms with van der Waals surface area (Å²) in [4.78, 5) is 32.6. The van der Waals surface area contributed by atoms with Crippen LogP contribution < -0.4 is 10.5 Å². The van der Waals surface area contributed by atoms with Crippen LogP contribution in [-0.2, 0) is 16.1 Å². The van der Waals surface area contributed by atoms with Gasteiger partial charge < -0.3 is 14.2 Å². The molecule has 1 aromatic heterocycles. The summed E-state index contributed by atoms with van der Waals surface area (Å²) in [5, 5.41) is 9.14. The van der Waals surface area contributed by atoms with Crippen LogP contribution in [-0.4, -0.2) is 34.2 Å². The second-order valence-corrected chi connectivity index (χ2v) is 10.3. The zero-order valence-electron chi connectivity index (χ0n) is 21.1. The molecule has 7 nitrogen and oxygen atoms in total. The highest BCUT2D eigenvalue weighted by atomic mass is 16.6. The highest BCUT2D eigenvalue weighted by Crippen LogP contribution is 2.26. The number of ether oxygens (including phenoxy) is 1. The maximum atomic E-state index is 13.5. The van der Waals surface area contributed by atoms with Gasteiger partial charge in [0.2, 0.25) is 0 Å². The second-order valence-electron chi connectivity index (χ2n) is 10.3. The molecule has 3 aromatic rings. The molecule has 186 valence electrons. The van der Waals surface area contributed by atoms with Crippen molar-refractivity contribution in [2.45, 2.75) is 52.2 Å². The first-order valence-electron chi connectivity index (χ1n) is 12.3. The fraction of sp³-hybridized carbons (Fsp3) is 0.379. The summed E-state index contributed by atoms with van der Waals surface area (Å²) in [6, 6.07) is 19.2. The van der Waals surface area contributed by atoms with Crippen molar-refractivity contribution in [3.63, 3.8) is 0 Å². The Kier molecular flexibility index (Phi) is 7.54. The third-order valence-electron chi connectivity index (χ3n) is 6.25. The highest BCUT2D eigenvalue weighted by molar-refractivity contribution is 5.70. The molecule has 1 fully saturated rings. The second kappa shape index (κ2) is 10.8. The molecule has 1 saturated heterocycles. The Labute approximate surface area is 212 Å². The van der Waals surface area contributed by atoms with Gasteiger partial charge in [0.05, 0.1) is 23.9 Å². The van der Waals surface area contributed by atoms with E-state index in [1.54, 1.807) is 22.9 Å². The largest absolute Gasteiger partial charge is 0.460 e. The van der Waals surface area contributed by atoms with Crippen molar-refractivity contribution in [1.82, 2.24) is 9.55 Å². The number of piperidine rings is 1. The molecule has 0 N–H and O–H groups in total. The van der Waals surface area contributed by atoms with Crippen LogP contribution in [0.2, 0.25) is 0 Å². The number of aromatic nitrogens is 2. The maximum absolute atomic E-state index is 13.5. The fourth-order valence-electron chi connectivity index (χ4n) is 4.45. The Bertz CT molecular complexity index is 1290. The summed E-state index contributed by atoms with van der Waals surface area (Å²) in [6.07, 6.45) is 3.76. The van der Waals surface area contributed by atoms with E-state index >= 15 is 0 Å². The zero-order chi connectivity index (χ0) is 25.7. The first kappa shape index (κ1) is 25.2. The molecular formula is C29H32N4O3. The predicted octanol–water partition coefficient (Wildman–Crippen LogP) is 4.78. The molecule has 7 heteroatoms. The molecule has 0 bridgehead atoms. The Morgan fingerprint density at radius 3 is 2.36 bits per heavy atom. The lowest BCUT2D eigenvalue weighted by Gasteiger charge is -2.33. The number of anilines is 1. The number of benzene rings is 2. The number of hydrogen-bond acceptors (Lipinski definition) is 6. The fourth-order valence-corrected chi connectivity index (χ4v) is 4.45. The molecule has 2 heterocycles. The molecule has 0 atom stereocenters.